The van der Waals surface area contributed by atoms with E-state index in [0.29, 0.717) is 5.56 Å². The van der Waals surface area contributed by atoms with Gasteiger partial charge in [-0.2, -0.15) is 8.42 Å². The molecule has 1 N–H and O–H groups in total. The first-order valence-electron chi connectivity index (χ1n) is 7.73. The molecule has 0 spiro atoms. The van der Waals surface area contributed by atoms with Crippen LogP contribution in [0.3, 0.4) is 0 Å². The van der Waals surface area contributed by atoms with E-state index >= 15 is 0 Å². The maximum absolute atomic E-state index is 10.7. The Kier molecular flexibility index (Phi) is 7.30. The molecule has 5 heteroatoms. The van der Waals surface area contributed by atoms with E-state index in [1.807, 2.05) is 6.92 Å². The first kappa shape index (κ1) is 19.8. The van der Waals surface area contributed by atoms with Gasteiger partial charge in [-0.15, -0.1) is 0 Å². The van der Waals surface area contributed by atoms with Crippen molar-refractivity contribution in [3.8, 4) is 0 Å². The monoisotopic (exact) mass is 549 g/mol. The SMILES string of the molecule is Cc1ccc(S(=O)(=O)O)c(C)c1.c1cc[c]([Bi][c]2ccccc2)cc1. The van der Waals surface area contributed by atoms with Crippen molar-refractivity contribution in [2.24, 2.45) is 0 Å². The molecule has 3 nitrogen and oxygen atoms in total. The summed E-state index contributed by atoms with van der Waals surface area (Å²) in [5.41, 5.74) is 1.54. The van der Waals surface area contributed by atoms with Gasteiger partial charge < -0.3 is 0 Å². The summed E-state index contributed by atoms with van der Waals surface area (Å²) in [6.07, 6.45) is 0. The van der Waals surface area contributed by atoms with Gasteiger partial charge in [-0.05, 0) is 25.5 Å². The predicted molar refractivity (Wildman–Crippen MR) is 104 cm³/mol. The fourth-order valence-electron chi connectivity index (χ4n) is 2.24. The molecule has 0 aliphatic rings. The first-order chi connectivity index (χ1) is 11.9. The third kappa shape index (κ3) is 6.70. The molecule has 25 heavy (non-hydrogen) atoms. The zero-order valence-electron chi connectivity index (χ0n) is 14.1. The molecule has 0 saturated heterocycles. The molecule has 1 radical (unpaired) electrons. The molecular formula is C20H20BiO3S. The summed E-state index contributed by atoms with van der Waals surface area (Å²) in [5.74, 6) is 0. The van der Waals surface area contributed by atoms with E-state index in [0.717, 1.165) is 5.56 Å². The number of aryl methyl sites for hydroxylation is 2. The van der Waals surface area contributed by atoms with Crippen LogP contribution in [0.1, 0.15) is 11.1 Å². The second-order valence-corrected chi connectivity index (χ2v) is 11.8. The van der Waals surface area contributed by atoms with Gasteiger partial charge in [0.25, 0.3) is 10.1 Å². The van der Waals surface area contributed by atoms with Crippen LogP contribution >= 0.6 is 0 Å². The molecule has 3 aromatic rings. The molecule has 0 amide bonds. The second-order valence-electron chi connectivity index (χ2n) is 5.53. The van der Waals surface area contributed by atoms with Crippen molar-refractivity contribution in [2.45, 2.75) is 18.7 Å². The van der Waals surface area contributed by atoms with Crippen molar-refractivity contribution in [2.75, 3.05) is 0 Å². The van der Waals surface area contributed by atoms with Crippen LogP contribution < -0.4 is 6.54 Å². The molecule has 3 rings (SSSR count). The van der Waals surface area contributed by atoms with Crippen LogP contribution in [0.4, 0.5) is 0 Å². The van der Waals surface area contributed by atoms with Crippen LogP contribution in [0.25, 0.3) is 0 Å². The minimum atomic E-state index is -4.05. The van der Waals surface area contributed by atoms with Gasteiger partial charge in [0, 0.05) is 0 Å². The summed E-state index contributed by atoms with van der Waals surface area (Å²) in [5, 5.41) is 0. The second kappa shape index (κ2) is 9.23. The van der Waals surface area contributed by atoms with E-state index in [1.54, 1.807) is 25.6 Å². The van der Waals surface area contributed by atoms with Crippen LogP contribution in [-0.4, -0.2) is 36.2 Å². The number of rotatable bonds is 3. The fraction of sp³-hybridized carbons (Fsp3) is 0.100. The molecule has 0 bridgehead atoms. The fourth-order valence-corrected chi connectivity index (χ4v) is 6.61. The summed E-state index contributed by atoms with van der Waals surface area (Å²) in [6.45, 7) is 3.51. The topological polar surface area (TPSA) is 54.4 Å². The summed E-state index contributed by atoms with van der Waals surface area (Å²) >= 11 is -0.613. The average molecular weight is 549 g/mol. The minimum absolute atomic E-state index is 0.0203. The van der Waals surface area contributed by atoms with Crippen molar-refractivity contribution in [1.29, 1.82) is 0 Å². The van der Waals surface area contributed by atoms with Crippen LogP contribution in [0.15, 0.2) is 83.8 Å². The van der Waals surface area contributed by atoms with Crippen molar-refractivity contribution < 1.29 is 13.0 Å². The van der Waals surface area contributed by atoms with Crippen LogP contribution in [0.5, 0.6) is 0 Å². The molecule has 0 unspecified atom stereocenters. The quantitative estimate of drug-likeness (QED) is 0.404. The Morgan fingerprint density at radius 2 is 1.24 bits per heavy atom. The molecule has 0 atom stereocenters. The maximum atomic E-state index is 10.7. The number of benzene rings is 3. The Labute approximate surface area is 161 Å². The molecule has 0 heterocycles. The summed E-state index contributed by atoms with van der Waals surface area (Å²) in [6, 6.07) is 26.4. The van der Waals surface area contributed by atoms with E-state index in [1.165, 1.54) is 6.07 Å². The van der Waals surface area contributed by atoms with E-state index in [9.17, 15) is 8.42 Å². The van der Waals surface area contributed by atoms with Gasteiger partial charge >= 0.3 is 90.4 Å². The van der Waals surface area contributed by atoms with Crippen molar-refractivity contribution in [1.82, 2.24) is 0 Å². The van der Waals surface area contributed by atoms with Gasteiger partial charge in [0.2, 0.25) is 0 Å². The van der Waals surface area contributed by atoms with Gasteiger partial charge in [-0.25, -0.2) is 0 Å². The Hall–Kier alpha value is -1.55. The third-order valence-electron chi connectivity index (χ3n) is 3.38. The molecule has 0 aromatic heterocycles. The van der Waals surface area contributed by atoms with Crippen LogP contribution in [0, 0.1) is 13.8 Å². The summed E-state index contributed by atoms with van der Waals surface area (Å²) < 4.78 is 33.3. The Morgan fingerprint density at radius 1 is 0.760 bits per heavy atom. The van der Waals surface area contributed by atoms with E-state index in [4.69, 9.17) is 4.55 Å². The van der Waals surface area contributed by atoms with Gasteiger partial charge in [0.05, 0.1) is 4.90 Å². The van der Waals surface area contributed by atoms with Gasteiger partial charge in [-0.3, -0.25) is 4.55 Å². The number of hydrogen-bond donors (Lipinski definition) is 1. The Balaban J connectivity index is 0.000000181. The van der Waals surface area contributed by atoms with Crippen molar-refractivity contribution >= 4 is 39.9 Å². The van der Waals surface area contributed by atoms with Gasteiger partial charge in [0.15, 0.2) is 0 Å². The normalized spacial score (nSPS) is 10.7. The Morgan fingerprint density at radius 3 is 1.64 bits per heavy atom. The number of hydrogen-bond acceptors (Lipinski definition) is 2. The van der Waals surface area contributed by atoms with Crippen molar-refractivity contribution in [3.63, 3.8) is 0 Å². The molecule has 0 aliphatic carbocycles. The van der Waals surface area contributed by atoms with E-state index in [2.05, 4.69) is 60.7 Å². The Bertz CT molecular complexity index is 871. The van der Waals surface area contributed by atoms with Crippen LogP contribution in [0.2, 0.25) is 0 Å². The summed E-state index contributed by atoms with van der Waals surface area (Å²) in [4.78, 5) is -0.0203. The van der Waals surface area contributed by atoms with Crippen molar-refractivity contribution in [3.05, 3.63) is 90.0 Å². The molecule has 0 saturated carbocycles. The summed E-state index contributed by atoms with van der Waals surface area (Å²) in [7, 11) is -4.05. The molecule has 0 aliphatic heterocycles. The molecule has 0 fully saturated rings. The van der Waals surface area contributed by atoms with Gasteiger partial charge in [0.1, 0.15) is 0 Å². The molecule has 3 aromatic carbocycles. The third-order valence-corrected chi connectivity index (χ3v) is 8.72. The average Bonchev–Trinajstić information content (AvgIpc) is 2.56. The van der Waals surface area contributed by atoms with Gasteiger partial charge in [-0.1, -0.05) is 17.7 Å². The molecular weight excluding hydrogens is 529 g/mol. The zero-order valence-corrected chi connectivity index (χ0v) is 18.4. The first-order valence-corrected chi connectivity index (χ1v) is 12.6. The standard InChI is InChI=1S/C8H10O3S.2C6H5.Bi/c1-6-3-4-8(7(2)5-6)12(9,10)11;2*1-2-4-6-5-3-1;/h3-5H,1-2H3,(H,9,10,11);2*1-5H;. The van der Waals surface area contributed by atoms with E-state index < -0.39 is 33.4 Å². The predicted octanol–water partition coefficient (Wildman–Crippen LogP) is 2.89. The van der Waals surface area contributed by atoms with Crippen LogP contribution in [-0.2, 0) is 10.1 Å². The van der Waals surface area contributed by atoms with E-state index in [-0.39, 0.29) is 4.90 Å². The molecule has 129 valence electrons. The zero-order chi connectivity index (χ0) is 18.3.